The molecule has 0 radical (unpaired) electrons. The predicted octanol–water partition coefficient (Wildman–Crippen LogP) is 3.03. The number of barbiturate groups is 1. The summed E-state index contributed by atoms with van der Waals surface area (Å²) in [5.74, 6) is -1.28. The number of hydrogen-bond acceptors (Lipinski definition) is 4. The van der Waals surface area contributed by atoms with Crippen LogP contribution in [0.3, 0.4) is 0 Å². The van der Waals surface area contributed by atoms with Gasteiger partial charge in [-0.15, -0.1) is 0 Å². The molecule has 0 atom stereocenters. The van der Waals surface area contributed by atoms with Gasteiger partial charge in [0.25, 0.3) is 11.8 Å². The summed E-state index contributed by atoms with van der Waals surface area (Å²) in [4.78, 5) is 39.2. The van der Waals surface area contributed by atoms with Crippen LogP contribution in [-0.2, 0) is 9.59 Å². The van der Waals surface area contributed by atoms with Gasteiger partial charge in [-0.05, 0) is 69.7 Å². The van der Waals surface area contributed by atoms with E-state index in [9.17, 15) is 14.4 Å². The first kappa shape index (κ1) is 20.4. The van der Waals surface area contributed by atoms with Crippen molar-refractivity contribution in [1.29, 1.82) is 0 Å². The van der Waals surface area contributed by atoms with Gasteiger partial charge in [-0.25, -0.2) is 4.79 Å². The van der Waals surface area contributed by atoms with Gasteiger partial charge < -0.3 is 9.47 Å². The maximum atomic E-state index is 12.3. The molecule has 0 bridgehead atoms. The third kappa shape index (κ3) is 3.68. The second kappa shape index (κ2) is 7.95. The van der Waals surface area contributed by atoms with E-state index in [4.69, 9.17) is 0 Å². The fourth-order valence-corrected chi connectivity index (χ4v) is 3.63. The number of likely N-dealkylation sites (N-methyl/N-ethyl adjacent to an activating group) is 1. The normalized spacial score (nSPS) is 15.8. The highest BCUT2D eigenvalue weighted by Gasteiger charge is 2.33. The van der Waals surface area contributed by atoms with Gasteiger partial charge in [-0.1, -0.05) is 0 Å². The van der Waals surface area contributed by atoms with E-state index in [2.05, 4.69) is 52.9 Å². The number of aromatic nitrogens is 1. The summed E-state index contributed by atoms with van der Waals surface area (Å²) < 4.78 is 2.08. The van der Waals surface area contributed by atoms with E-state index < -0.39 is 17.8 Å². The molecule has 1 aliphatic heterocycles. The van der Waals surface area contributed by atoms with Crippen LogP contribution in [0.2, 0.25) is 0 Å². The predicted molar refractivity (Wildman–Crippen MR) is 113 cm³/mol. The molecule has 1 fully saturated rings. The first-order valence-corrected chi connectivity index (χ1v) is 9.67. The van der Waals surface area contributed by atoms with Gasteiger partial charge in [0.15, 0.2) is 0 Å². The molecule has 1 aromatic carbocycles. The third-order valence-electron chi connectivity index (χ3n) is 5.31. The van der Waals surface area contributed by atoms with Crippen LogP contribution in [0.5, 0.6) is 0 Å². The molecule has 3 rings (SSSR count). The number of anilines is 1. The highest BCUT2D eigenvalue weighted by atomic mass is 16.2. The Balaban J connectivity index is 1.98. The minimum atomic E-state index is -0.712. The quantitative estimate of drug-likeness (QED) is 0.625. The van der Waals surface area contributed by atoms with Crippen molar-refractivity contribution in [1.82, 2.24) is 14.8 Å². The Morgan fingerprint density at radius 2 is 1.66 bits per heavy atom. The Morgan fingerprint density at radius 1 is 1.03 bits per heavy atom. The Hall–Kier alpha value is -3.35. The monoisotopic (exact) mass is 394 g/mol. The van der Waals surface area contributed by atoms with Crippen LogP contribution in [0.25, 0.3) is 11.8 Å². The molecule has 2 heterocycles. The number of rotatable bonds is 5. The van der Waals surface area contributed by atoms with E-state index in [1.807, 2.05) is 19.9 Å². The molecule has 1 aromatic heterocycles. The second-order valence-corrected chi connectivity index (χ2v) is 7.03. The Morgan fingerprint density at radius 3 is 2.24 bits per heavy atom. The van der Waals surface area contributed by atoms with E-state index in [1.165, 1.54) is 12.7 Å². The lowest BCUT2D eigenvalue weighted by molar-refractivity contribution is -0.129. The molecular weight excluding hydrogens is 368 g/mol. The SMILES string of the molecule is CCN(CC)c1ccc(-n2c(C)cc(/C=C3/C(=O)NC(=O)N(C)C3=O)c2C)cc1. The van der Waals surface area contributed by atoms with Crippen molar-refractivity contribution in [3.63, 3.8) is 0 Å². The molecule has 0 unspecified atom stereocenters. The summed E-state index contributed by atoms with van der Waals surface area (Å²) in [6.07, 6.45) is 1.55. The summed E-state index contributed by atoms with van der Waals surface area (Å²) in [7, 11) is 1.35. The van der Waals surface area contributed by atoms with Crippen molar-refractivity contribution in [3.8, 4) is 5.69 Å². The number of imide groups is 2. The van der Waals surface area contributed by atoms with Crippen molar-refractivity contribution >= 4 is 29.6 Å². The molecule has 4 amide bonds. The zero-order valence-electron chi connectivity index (χ0n) is 17.4. The van der Waals surface area contributed by atoms with Gasteiger partial charge in [0.2, 0.25) is 0 Å². The van der Waals surface area contributed by atoms with Gasteiger partial charge in [0, 0.05) is 42.9 Å². The molecule has 29 heavy (non-hydrogen) atoms. The van der Waals surface area contributed by atoms with E-state index in [1.54, 1.807) is 6.08 Å². The fourth-order valence-electron chi connectivity index (χ4n) is 3.63. The van der Waals surface area contributed by atoms with Crippen LogP contribution in [0.15, 0.2) is 35.9 Å². The molecule has 7 heteroatoms. The number of benzene rings is 1. The summed E-state index contributed by atoms with van der Waals surface area (Å²) in [6.45, 7) is 10.1. The largest absolute Gasteiger partial charge is 0.372 e. The summed E-state index contributed by atoms with van der Waals surface area (Å²) in [6, 6.07) is 9.54. The number of nitrogens with one attached hydrogen (secondary N) is 1. The first-order chi connectivity index (χ1) is 13.8. The van der Waals surface area contributed by atoms with Crippen LogP contribution in [-0.4, -0.2) is 47.4 Å². The molecule has 7 nitrogen and oxygen atoms in total. The van der Waals surface area contributed by atoms with Crippen molar-refractivity contribution in [2.75, 3.05) is 25.0 Å². The van der Waals surface area contributed by atoms with Gasteiger partial charge >= 0.3 is 6.03 Å². The molecule has 1 saturated heterocycles. The number of nitrogens with zero attached hydrogens (tertiary/aromatic N) is 3. The van der Waals surface area contributed by atoms with E-state index >= 15 is 0 Å². The molecular formula is C22H26N4O3. The number of amides is 4. The molecule has 2 aromatic rings. The number of urea groups is 1. The standard InChI is InChI=1S/C22H26N4O3/c1-6-25(7-2)17-8-10-18(11-9-17)26-14(3)12-16(15(26)4)13-19-20(27)23-22(29)24(5)21(19)28/h8-13H,6-7H2,1-5H3,(H,23,27,29)/b19-13-. The van der Waals surface area contributed by atoms with Crippen LogP contribution in [0, 0.1) is 13.8 Å². The van der Waals surface area contributed by atoms with Gasteiger partial charge in [0.1, 0.15) is 5.57 Å². The fraction of sp³-hybridized carbons (Fsp3) is 0.318. The lowest BCUT2D eigenvalue weighted by Crippen LogP contribution is -2.52. The molecule has 0 spiro atoms. The second-order valence-electron chi connectivity index (χ2n) is 7.03. The molecule has 152 valence electrons. The van der Waals surface area contributed by atoms with Crippen molar-refractivity contribution in [2.45, 2.75) is 27.7 Å². The Kier molecular flexibility index (Phi) is 5.59. The number of aryl methyl sites for hydroxylation is 1. The van der Waals surface area contributed by atoms with Gasteiger partial charge in [-0.2, -0.15) is 0 Å². The highest BCUT2D eigenvalue weighted by molar-refractivity contribution is 6.30. The highest BCUT2D eigenvalue weighted by Crippen LogP contribution is 2.25. The average Bonchev–Trinajstić information content (AvgIpc) is 2.98. The van der Waals surface area contributed by atoms with Crippen LogP contribution in [0.4, 0.5) is 10.5 Å². The lowest BCUT2D eigenvalue weighted by atomic mass is 10.1. The molecule has 1 aliphatic rings. The summed E-state index contributed by atoms with van der Waals surface area (Å²) in [5.41, 5.74) is 4.78. The van der Waals surface area contributed by atoms with Crippen molar-refractivity contribution in [3.05, 3.63) is 52.9 Å². The number of carbonyl (C=O) groups excluding carboxylic acids is 3. The lowest BCUT2D eigenvalue weighted by Gasteiger charge is -2.22. The van der Waals surface area contributed by atoms with E-state index in [0.717, 1.165) is 40.6 Å². The Labute approximate surface area is 170 Å². The van der Waals surface area contributed by atoms with Crippen LogP contribution >= 0.6 is 0 Å². The van der Waals surface area contributed by atoms with Crippen molar-refractivity contribution < 1.29 is 14.4 Å². The van der Waals surface area contributed by atoms with Gasteiger partial charge in [-0.3, -0.25) is 19.8 Å². The Bertz CT molecular complexity index is 998. The average molecular weight is 394 g/mol. The smallest absolute Gasteiger partial charge is 0.331 e. The number of carbonyl (C=O) groups is 3. The van der Waals surface area contributed by atoms with E-state index in [-0.39, 0.29) is 5.57 Å². The minimum absolute atomic E-state index is 0.0516. The molecule has 0 saturated carbocycles. The minimum Gasteiger partial charge on any atom is -0.372 e. The topological polar surface area (TPSA) is 74.7 Å². The van der Waals surface area contributed by atoms with Crippen molar-refractivity contribution in [2.24, 2.45) is 0 Å². The summed E-state index contributed by atoms with van der Waals surface area (Å²) >= 11 is 0. The molecule has 1 N–H and O–H groups in total. The van der Waals surface area contributed by atoms with Crippen LogP contribution in [0.1, 0.15) is 30.8 Å². The summed E-state index contributed by atoms with van der Waals surface area (Å²) in [5, 5.41) is 2.18. The third-order valence-corrected chi connectivity index (χ3v) is 5.31. The maximum Gasteiger partial charge on any atom is 0.331 e. The first-order valence-electron chi connectivity index (χ1n) is 9.67. The maximum absolute atomic E-state index is 12.3. The number of hydrogen-bond donors (Lipinski definition) is 1. The van der Waals surface area contributed by atoms with Crippen LogP contribution < -0.4 is 10.2 Å². The zero-order chi connectivity index (χ0) is 21.3. The van der Waals surface area contributed by atoms with E-state index in [0.29, 0.717) is 0 Å². The van der Waals surface area contributed by atoms with Gasteiger partial charge in [0.05, 0.1) is 0 Å². The zero-order valence-corrected chi connectivity index (χ0v) is 17.4. The molecule has 0 aliphatic carbocycles.